The van der Waals surface area contributed by atoms with Crippen LogP contribution >= 0.6 is 0 Å². The lowest BCUT2D eigenvalue weighted by Crippen LogP contribution is -1.99. The van der Waals surface area contributed by atoms with E-state index in [4.69, 9.17) is 0 Å². The van der Waals surface area contributed by atoms with Gasteiger partial charge in [-0.3, -0.25) is 4.79 Å². The van der Waals surface area contributed by atoms with Crippen molar-refractivity contribution in [3.63, 3.8) is 0 Å². The number of unbranched alkanes of at least 4 members (excludes halogenated alkanes) is 7. The number of hydrogen-bond acceptors (Lipinski definition) is 2. The van der Waals surface area contributed by atoms with Gasteiger partial charge in [0.1, 0.15) is 0 Å². The van der Waals surface area contributed by atoms with Gasteiger partial charge in [-0.1, -0.05) is 45.4 Å². The second-order valence-electron chi connectivity index (χ2n) is 6.16. The molecule has 0 amide bonds. The average molecular weight is 307 g/mol. The fourth-order valence-electron chi connectivity index (χ4n) is 2.74. The monoisotopic (exact) mass is 307 g/mol. The van der Waals surface area contributed by atoms with E-state index >= 15 is 0 Å². The van der Waals surface area contributed by atoms with Crippen LogP contribution in [0.2, 0.25) is 0 Å². The molecule has 1 aromatic heterocycles. The molecular weight excluding hydrogens is 274 g/mol. The first-order valence-electron chi connectivity index (χ1n) is 8.99. The van der Waals surface area contributed by atoms with Crippen LogP contribution in [0.15, 0.2) is 12.1 Å². The van der Waals surface area contributed by atoms with E-state index in [2.05, 4.69) is 28.8 Å². The molecule has 0 bridgehead atoms. The molecule has 0 fully saturated rings. The smallest absolute Gasteiger partial charge is 0.305 e. The van der Waals surface area contributed by atoms with Crippen LogP contribution in [-0.4, -0.2) is 18.1 Å². The first-order valence-corrected chi connectivity index (χ1v) is 8.99. The quantitative estimate of drug-likeness (QED) is 0.402. The molecule has 0 saturated carbocycles. The molecule has 0 aliphatic carbocycles. The van der Waals surface area contributed by atoms with Gasteiger partial charge in [-0.15, -0.1) is 0 Å². The van der Waals surface area contributed by atoms with Gasteiger partial charge < -0.3 is 9.72 Å². The van der Waals surface area contributed by atoms with Crippen molar-refractivity contribution >= 4 is 5.97 Å². The molecule has 1 heterocycles. The fourth-order valence-corrected chi connectivity index (χ4v) is 2.74. The highest BCUT2D eigenvalue weighted by atomic mass is 16.5. The van der Waals surface area contributed by atoms with Crippen LogP contribution in [0.4, 0.5) is 0 Å². The highest BCUT2D eigenvalue weighted by Crippen LogP contribution is 2.12. The number of aryl methyl sites for hydroxylation is 2. The van der Waals surface area contributed by atoms with Crippen LogP contribution < -0.4 is 0 Å². The van der Waals surface area contributed by atoms with E-state index < -0.39 is 0 Å². The number of carbonyl (C=O) groups is 1. The standard InChI is InChI=1S/C19H33NO2/c1-3-4-9-12-17-15-16-18(20-17)13-10-7-5-6-8-11-14-19(21)22-2/h15-16,20H,3-14H2,1-2H3. The Balaban J connectivity index is 1.97. The normalized spacial score (nSPS) is 10.8. The number of esters is 1. The van der Waals surface area contributed by atoms with Crippen LogP contribution in [0.1, 0.15) is 82.5 Å². The topological polar surface area (TPSA) is 42.1 Å². The molecule has 22 heavy (non-hydrogen) atoms. The minimum Gasteiger partial charge on any atom is -0.469 e. The number of ether oxygens (including phenoxy) is 1. The summed E-state index contributed by atoms with van der Waals surface area (Å²) < 4.78 is 4.63. The number of aromatic amines is 1. The van der Waals surface area contributed by atoms with Gasteiger partial charge in [0.25, 0.3) is 0 Å². The third kappa shape index (κ3) is 8.91. The maximum Gasteiger partial charge on any atom is 0.305 e. The Morgan fingerprint density at radius 3 is 2.05 bits per heavy atom. The van der Waals surface area contributed by atoms with Crippen LogP contribution in [0.3, 0.4) is 0 Å². The Bertz CT molecular complexity index is 398. The first-order chi connectivity index (χ1) is 10.8. The van der Waals surface area contributed by atoms with Gasteiger partial charge in [-0.2, -0.15) is 0 Å². The Kier molecular flexibility index (Phi) is 10.5. The van der Waals surface area contributed by atoms with Crippen molar-refractivity contribution in [3.8, 4) is 0 Å². The van der Waals surface area contributed by atoms with Gasteiger partial charge in [-0.25, -0.2) is 0 Å². The molecule has 0 aromatic carbocycles. The fraction of sp³-hybridized carbons (Fsp3) is 0.737. The average Bonchev–Trinajstić information content (AvgIpc) is 2.97. The predicted octanol–water partition coefficient (Wildman–Crippen LogP) is 5.19. The molecule has 0 radical (unpaired) electrons. The lowest BCUT2D eigenvalue weighted by molar-refractivity contribution is -0.140. The number of carbonyl (C=O) groups excluding carboxylic acids is 1. The Hall–Kier alpha value is -1.25. The summed E-state index contributed by atoms with van der Waals surface area (Å²) in [5.41, 5.74) is 2.78. The molecule has 1 rings (SSSR count). The molecule has 0 atom stereocenters. The molecule has 1 N–H and O–H groups in total. The minimum absolute atomic E-state index is 0.0820. The minimum atomic E-state index is -0.0820. The molecular formula is C19H33NO2. The van der Waals surface area contributed by atoms with Crippen molar-refractivity contribution in [2.75, 3.05) is 7.11 Å². The van der Waals surface area contributed by atoms with Crippen LogP contribution in [0.25, 0.3) is 0 Å². The summed E-state index contributed by atoms with van der Waals surface area (Å²) >= 11 is 0. The van der Waals surface area contributed by atoms with E-state index in [1.807, 2.05) is 0 Å². The second kappa shape index (κ2) is 12.3. The van der Waals surface area contributed by atoms with Crippen molar-refractivity contribution in [2.45, 2.75) is 84.0 Å². The van der Waals surface area contributed by atoms with Crippen molar-refractivity contribution in [1.29, 1.82) is 0 Å². The van der Waals surface area contributed by atoms with E-state index in [1.54, 1.807) is 0 Å². The van der Waals surface area contributed by atoms with Gasteiger partial charge in [0.05, 0.1) is 7.11 Å². The summed E-state index contributed by atoms with van der Waals surface area (Å²) in [6.07, 6.45) is 14.0. The third-order valence-electron chi connectivity index (χ3n) is 4.16. The summed E-state index contributed by atoms with van der Waals surface area (Å²) in [6.45, 7) is 2.25. The third-order valence-corrected chi connectivity index (χ3v) is 4.16. The molecule has 1 aromatic rings. The molecule has 3 nitrogen and oxygen atoms in total. The summed E-state index contributed by atoms with van der Waals surface area (Å²) in [7, 11) is 1.46. The highest BCUT2D eigenvalue weighted by Gasteiger charge is 2.01. The molecule has 3 heteroatoms. The van der Waals surface area contributed by atoms with E-state index in [-0.39, 0.29) is 5.97 Å². The number of nitrogens with one attached hydrogen (secondary N) is 1. The lowest BCUT2D eigenvalue weighted by atomic mass is 10.1. The zero-order chi connectivity index (χ0) is 16.0. The second-order valence-corrected chi connectivity index (χ2v) is 6.16. The molecule has 0 aliphatic rings. The highest BCUT2D eigenvalue weighted by molar-refractivity contribution is 5.68. The molecule has 0 saturated heterocycles. The zero-order valence-electron chi connectivity index (χ0n) is 14.5. The van der Waals surface area contributed by atoms with Gasteiger partial charge in [-0.05, 0) is 44.2 Å². The van der Waals surface area contributed by atoms with E-state index in [0.29, 0.717) is 6.42 Å². The maximum absolute atomic E-state index is 11.0. The number of methoxy groups -OCH3 is 1. The molecule has 0 unspecified atom stereocenters. The van der Waals surface area contributed by atoms with Crippen molar-refractivity contribution in [2.24, 2.45) is 0 Å². The SMILES string of the molecule is CCCCCc1ccc(CCCCCCCCC(=O)OC)[nH]1. The zero-order valence-corrected chi connectivity index (χ0v) is 14.5. The molecule has 0 aliphatic heterocycles. The summed E-state index contributed by atoms with van der Waals surface area (Å²) in [6, 6.07) is 4.50. The van der Waals surface area contributed by atoms with Crippen molar-refractivity contribution < 1.29 is 9.53 Å². The summed E-state index contributed by atoms with van der Waals surface area (Å²) in [4.78, 5) is 14.5. The number of H-pyrrole nitrogens is 1. The van der Waals surface area contributed by atoms with Gasteiger partial charge >= 0.3 is 5.97 Å². The predicted molar refractivity (Wildman–Crippen MR) is 92.1 cm³/mol. The summed E-state index contributed by atoms with van der Waals surface area (Å²) in [5.74, 6) is -0.0820. The lowest BCUT2D eigenvalue weighted by Gasteiger charge is -2.02. The van der Waals surface area contributed by atoms with Crippen molar-refractivity contribution in [3.05, 3.63) is 23.5 Å². The molecule has 0 spiro atoms. The van der Waals surface area contributed by atoms with E-state index in [9.17, 15) is 4.79 Å². The van der Waals surface area contributed by atoms with Crippen molar-refractivity contribution in [1.82, 2.24) is 4.98 Å². The maximum atomic E-state index is 11.0. The number of rotatable bonds is 13. The van der Waals surface area contributed by atoms with E-state index in [1.165, 1.54) is 69.9 Å². The van der Waals surface area contributed by atoms with Crippen LogP contribution in [-0.2, 0) is 22.4 Å². The Labute approximate surface area is 135 Å². The number of hydrogen-bond donors (Lipinski definition) is 1. The van der Waals surface area contributed by atoms with Gasteiger partial charge in [0.15, 0.2) is 0 Å². The summed E-state index contributed by atoms with van der Waals surface area (Å²) in [5, 5.41) is 0. The van der Waals surface area contributed by atoms with Crippen LogP contribution in [0, 0.1) is 0 Å². The first kappa shape index (κ1) is 18.8. The van der Waals surface area contributed by atoms with Gasteiger partial charge in [0.2, 0.25) is 0 Å². The largest absolute Gasteiger partial charge is 0.469 e. The van der Waals surface area contributed by atoms with Crippen LogP contribution in [0.5, 0.6) is 0 Å². The van der Waals surface area contributed by atoms with E-state index in [0.717, 1.165) is 19.3 Å². The Morgan fingerprint density at radius 1 is 0.909 bits per heavy atom. The Morgan fingerprint density at radius 2 is 1.45 bits per heavy atom. The molecule has 126 valence electrons. The van der Waals surface area contributed by atoms with Gasteiger partial charge in [0, 0.05) is 17.8 Å². The number of aromatic nitrogens is 1.